The van der Waals surface area contributed by atoms with Crippen molar-refractivity contribution in [3.63, 3.8) is 0 Å². The Labute approximate surface area is 126 Å². The van der Waals surface area contributed by atoms with E-state index in [0.717, 1.165) is 0 Å². The van der Waals surface area contributed by atoms with Gasteiger partial charge in [0.2, 0.25) is 0 Å². The average molecular weight is 278 g/mol. The van der Waals surface area contributed by atoms with Gasteiger partial charge in [-0.2, -0.15) is 0 Å². The van der Waals surface area contributed by atoms with Crippen LogP contribution in [0.15, 0.2) is 54.7 Å². The van der Waals surface area contributed by atoms with Gasteiger partial charge in [0, 0.05) is 29.6 Å². The summed E-state index contributed by atoms with van der Waals surface area (Å²) in [6.45, 7) is 5.05. The Bertz CT molecular complexity index is 723. The molecule has 0 fully saturated rings. The van der Waals surface area contributed by atoms with Crippen LogP contribution in [0.2, 0.25) is 0 Å². The van der Waals surface area contributed by atoms with E-state index in [1.54, 1.807) is 0 Å². The van der Waals surface area contributed by atoms with Crippen LogP contribution >= 0.6 is 0 Å². The number of hydrogen-bond donors (Lipinski definition) is 2. The van der Waals surface area contributed by atoms with Crippen LogP contribution in [0.3, 0.4) is 0 Å². The molecule has 2 aromatic carbocycles. The first-order chi connectivity index (χ1) is 10.2. The first-order valence-corrected chi connectivity index (χ1v) is 7.56. The van der Waals surface area contributed by atoms with E-state index in [1.165, 1.54) is 27.6 Å². The lowest BCUT2D eigenvalue weighted by Crippen LogP contribution is -2.13. The molecule has 21 heavy (non-hydrogen) atoms. The van der Waals surface area contributed by atoms with Gasteiger partial charge >= 0.3 is 0 Å². The Kier molecular flexibility index (Phi) is 3.80. The first-order valence-electron chi connectivity index (χ1n) is 7.56. The first kappa shape index (κ1) is 13.9. The summed E-state index contributed by atoms with van der Waals surface area (Å²) in [5, 5.41) is 1.26. The number of nitrogens with two attached hydrogens (primary N) is 1. The van der Waals surface area contributed by atoms with Crippen LogP contribution in [-0.2, 0) is 0 Å². The highest BCUT2D eigenvalue weighted by Gasteiger charge is 2.16. The number of H-pyrrole nitrogens is 1. The third-order valence-corrected chi connectivity index (χ3v) is 4.24. The molecule has 0 aliphatic carbocycles. The van der Waals surface area contributed by atoms with Crippen molar-refractivity contribution in [1.82, 2.24) is 4.98 Å². The number of aromatic amines is 1. The maximum Gasteiger partial charge on any atom is 0.0457 e. The number of rotatable bonds is 4. The molecule has 0 aliphatic heterocycles. The smallest absolute Gasteiger partial charge is 0.0457 e. The van der Waals surface area contributed by atoms with E-state index in [1.807, 2.05) is 0 Å². The molecule has 0 radical (unpaired) electrons. The Morgan fingerprint density at radius 3 is 2.29 bits per heavy atom. The quantitative estimate of drug-likeness (QED) is 0.730. The zero-order valence-electron chi connectivity index (χ0n) is 12.6. The van der Waals surface area contributed by atoms with Gasteiger partial charge in [-0.25, -0.2) is 0 Å². The molecule has 3 N–H and O–H groups in total. The van der Waals surface area contributed by atoms with Crippen molar-refractivity contribution in [3.05, 3.63) is 71.4 Å². The largest absolute Gasteiger partial charge is 0.361 e. The molecule has 1 atom stereocenters. The summed E-state index contributed by atoms with van der Waals surface area (Å²) in [5.74, 6) is 0.797. The van der Waals surface area contributed by atoms with Crippen molar-refractivity contribution in [2.24, 2.45) is 5.73 Å². The van der Waals surface area contributed by atoms with Crippen molar-refractivity contribution in [1.29, 1.82) is 0 Å². The molecule has 0 spiro atoms. The van der Waals surface area contributed by atoms with Crippen molar-refractivity contribution in [2.75, 3.05) is 6.54 Å². The van der Waals surface area contributed by atoms with Crippen LogP contribution < -0.4 is 5.73 Å². The summed E-state index contributed by atoms with van der Waals surface area (Å²) in [6.07, 6.45) is 2.10. The Balaban J connectivity index is 2.01. The number of nitrogens with one attached hydrogen (secondary N) is 1. The number of para-hydroxylation sites is 1. The molecule has 0 saturated carbocycles. The second kappa shape index (κ2) is 5.74. The third kappa shape index (κ3) is 2.59. The second-order valence-corrected chi connectivity index (χ2v) is 5.90. The lowest BCUT2D eigenvalue weighted by Gasteiger charge is -2.16. The predicted molar refractivity (Wildman–Crippen MR) is 89.7 cm³/mol. The predicted octanol–water partition coefficient (Wildman–Crippen LogP) is 4.38. The summed E-state index contributed by atoms with van der Waals surface area (Å²) in [7, 11) is 0. The highest BCUT2D eigenvalue weighted by Crippen LogP contribution is 2.30. The van der Waals surface area contributed by atoms with Crippen LogP contribution in [0.25, 0.3) is 10.9 Å². The molecule has 0 saturated heterocycles. The monoisotopic (exact) mass is 278 g/mol. The van der Waals surface area contributed by atoms with Gasteiger partial charge in [0.05, 0.1) is 0 Å². The molecule has 3 aromatic rings. The van der Waals surface area contributed by atoms with Gasteiger partial charge in [0.25, 0.3) is 0 Å². The van der Waals surface area contributed by atoms with E-state index in [-0.39, 0.29) is 5.92 Å². The number of aromatic nitrogens is 1. The maximum atomic E-state index is 6.07. The van der Waals surface area contributed by atoms with E-state index >= 15 is 0 Å². The summed E-state index contributed by atoms with van der Waals surface area (Å²) in [6, 6.07) is 17.3. The molecule has 1 heterocycles. The zero-order chi connectivity index (χ0) is 14.8. The standard InChI is InChI=1S/C19H22N2/c1-13(2)14-7-9-15(10-8-14)17(11-20)18-12-21-19-6-4-3-5-16(18)19/h3-10,12-13,17,21H,11,20H2,1-2H3. The van der Waals surface area contributed by atoms with Gasteiger partial charge in [-0.15, -0.1) is 0 Å². The Morgan fingerprint density at radius 2 is 1.62 bits per heavy atom. The summed E-state index contributed by atoms with van der Waals surface area (Å²) >= 11 is 0. The van der Waals surface area contributed by atoms with Crippen LogP contribution in [0.5, 0.6) is 0 Å². The van der Waals surface area contributed by atoms with Crippen LogP contribution in [0, 0.1) is 0 Å². The lowest BCUT2D eigenvalue weighted by molar-refractivity contribution is 0.818. The van der Waals surface area contributed by atoms with Gasteiger partial charge in [0.15, 0.2) is 0 Å². The number of benzene rings is 2. The van der Waals surface area contributed by atoms with E-state index < -0.39 is 0 Å². The minimum atomic E-state index is 0.238. The third-order valence-electron chi connectivity index (χ3n) is 4.24. The molecule has 108 valence electrons. The molecule has 3 rings (SSSR count). The maximum absolute atomic E-state index is 6.07. The second-order valence-electron chi connectivity index (χ2n) is 5.90. The fourth-order valence-electron chi connectivity index (χ4n) is 2.94. The van der Waals surface area contributed by atoms with Crippen LogP contribution in [0.4, 0.5) is 0 Å². The molecular formula is C19H22N2. The van der Waals surface area contributed by atoms with Gasteiger partial charge in [-0.3, -0.25) is 0 Å². The number of fused-ring (bicyclic) bond motifs is 1. The normalized spacial score (nSPS) is 13.0. The average Bonchev–Trinajstić information content (AvgIpc) is 2.93. The lowest BCUT2D eigenvalue weighted by atomic mass is 9.89. The van der Waals surface area contributed by atoms with Crippen molar-refractivity contribution < 1.29 is 0 Å². The molecule has 0 bridgehead atoms. The minimum absolute atomic E-state index is 0.238. The molecule has 0 aliphatic rings. The van der Waals surface area contributed by atoms with E-state index in [4.69, 9.17) is 5.73 Å². The summed E-state index contributed by atoms with van der Waals surface area (Å²) < 4.78 is 0. The molecule has 0 amide bonds. The topological polar surface area (TPSA) is 41.8 Å². The van der Waals surface area contributed by atoms with Crippen molar-refractivity contribution in [2.45, 2.75) is 25.7 Å². The van der Waals surface area contributed by atoms with Crippen molar-refractivity contribution in [3.8, 4) is 0 Å². The van der Waals surface area contributed by atoms with Gasteiger partial charge in [-0.05, 0) is 28.7 Å². The van der Waals surface area contributed by atoms with Gasteiger partial charge < -0.3 is 10.7 Å². The van der Waals surface area contributed by atoms with Gasteiger partial charge in [0.1, 0.15) is 0 Å². The van der Waals surface area contributed by atoms with Crippen LogP contribution in [-0.4, -0.2) is 11.5 Å². The molecule has 1 aromatic heterocycles. The molecular weight excluding hydrogens is 256 g/mol. The SMILES string of the molecule is CC(C)c1ccc(C(CN)c2c[nH]c3ccccc23)cc1. The molecule has 1 unspecified atom stereocenters. The Hall–Kier alpha value is -2.06. The van der Waals surface area contributed by atoms with Crippen LogP contribution in [0.1, 0.15) is 42.4 Å². The Morgan fingerprint density at radius 1 is 0.952 bits per heavy atom. The van der Waals surface area contributed by atoms with E-state index in [9.17, 15) is 0 Å². The van der Waals surface area contributed by atoms with Gasteiger partial charge in [-0.1, -0.05) is 56.3 Å². The fraction of sp³-hybridized carbons (Fsp3) is 0.263. The number of hydrogen-bond acceptors (Lipinski definition) is 1. The highest BCUT2D eigenvalue weighted by atomic mass is 14.7. The zero-order valence-corrected chi connectivity index (χ0v) is 12.6. The summed E-state index contributed by atoms with van der Waals surface area (Å²) in [4.78, 5) is 3.35. The van der Waals surface area contributed by atoms with E-state index in [2.05, 4.69) is 73.6 Å². The molecule has 2 heteroatoms. The molecule has 2 nitrogen and oxygen atoms in total. The highest BCUT2D eigenvalue weighted by molar-refractivity contribution is 5.84. The van der Waals surface area contributed by atoms with E-state index in [0.29, 0.717) is 12.5 Å². The minimum Gasteiger partial charge on any atom is -0.361 e. The van der Waals surface area contributed by atoms with Crippen molar-refractivity contribution >= 4 is 10.9 Å². The fourth-order valence-corrected chi connectivity index (χ4v) is 2.94. The summed E-state index contributed by atoms with van der Waals surface area (Å²) in [5.41, 5.74) is 11.2.